The van der Waals surface area contributed by atoms with E-state index in [1.807, 2.05) is 37.3 Å². The number of carbonyl (C=O) groups excluding carboxylic acids is 1. The van der Waals surface area contributed by atoms with Gasteiger partial charge in [-0.2, -0.15) is 0 Å². The summed E-state index contributed by atoms with van der Waals surface area (Å²) in [6.45, 7) is 7.03. The number of hydrogen-bond acceptors (Lipinski definition) is 5. The minimum Gasteiger partial charge on any atom is -0.505 e. The van der Waals surface area contributed by atoms with Crippen LogP contribution in [0.25, 0.3) is 0 Å². The van der Waals surface area contributed by atoms with E-state index < -0.39 is 5.91 Å². The van der Waals surface area contributed by atoms with E-state index in [0.717, 1.165) is 38.3 Å². The highest BCUT2D eigenvalue weighted by Crippen LogP contribution is 2.42. The number of hydrogen-bond donors (Lipinski definition) is 2. The summed E-state index contributed by atoms with van der Waals surface area (Å²) in [5, 5.41) is 13.5. The molecular formula is C23H29Cl2N3O3. The van der Waals surface area contributed by atoms with Gasteiger partial charge in [-0.15, -0.1) is 0 Å². The second-order valence-electron chi connectivity index (χ2n) is 7.96. The number of piperazine rings is 1. The lowest BCUT2D eigenvalue weighted by molar-refractivity contribution is 0.0937. The number of rotatable bonds is 8. The molecule has 2 aromatic rings. The van der Waals surface area contributed by atoms with E-state index in [0.29, 0.717) is 13.0 Å². The van der Waals surface area contributed by atoms with Gasteiger partial charge in [0.2, 0.25) is 0 Å². The number of carbonyl (C=O) groups is 1. The highest BCUT2D eigenvalue weighted by Gasteiger charge is 2.22. The number of halogens is 2. The van der Waals surface area contributed by atoms with E-state index in [9.17, 15) is 9.90 Å². The Balaban J connectivity index is 1.60. The topological polar surface area (TPSA) is 65.0 Å². The molecule has 0 radical (unpaired) electrons. The molecule has 1 amide bonds. The largest absolute Gasteiger partial charge is 0.505 e. The van der Waals surface area contributed by atoms with Crippen molar-refractivity contribution in [3.8, 4) is 11.5 Å². The third-order valence-corrected chi connectivity index (χ3v) is 6.04. The molecule has 0 aromatic heterocycles. The predicted octanol–water partition coefficient (Wildman–Crippen LogP) is 3.69. The van der Waals surface area contributed by atoms with Crippen molar-refractivity contribution in [2.75, 3.05) is 46.4 Å². The number of phenols is 1. The zero-order chi connectivity index (χ0) is 22.4. The molecule has 2 N–H and O–H groups in total. The quantitative estimate of drug-likeness (QED) is 0.622. The molecule has 1 unspecified atom stereocenters. The Labute approximate surface area is 193 Å². The second kappa shape index (κ2) is 11.0. The van der Waals surface area contributed by atoms with Crippen LogP contribution >= 0.6 is 23.2 Å². The number of aromatic hydroxyl groups is 1. The van der Waals surface area contributed by atoms with Crippen molar-refractivity contribution >= 4 is 29.1 Å². The summed E-state index contributed by atoms with van der Waals surface area (Å²) in [5.74, 6) is -0.567. The Bertz CT molecular complexity index is 887. The normalized spacial score (nSPS) is 16.1. The van der Waals surface area contributed by atoms with Gasteiger partial charge in [0.05, 0.1) is 10.6 Å². The molecule has 0 spiro atoms. The maximum atomic E-state index is 12.7. The summed E-state index contributed by atoms with van der Waals surface area (Å²) < 4.78 is 5.76. The van der Waals surface area contributed by atoms with Crippen molar-refractivity contribution in [1.29, 1.82) is 0 Å². The molecule has 3 rings (SSSR count). The second-order valence-corrected chi connectivity index (χ2v) is 8.74. The highest BCUT2D eigenvalue weighted by atomic mass is 35.5. The summed E-state index contributed by atoms with van der Waals surface area (Å²) in [6, 6.07) is 11.1. The van der Waals surface area contributed by atoms with Crippen LogP contribution in [-0.4, -0.2) is 73.2 Å². The number of phenolic OH excluding ortho intramolecular Hbond substituents is 1. The van der Waals surface area contributed by atoms with Crippen LogP contribution in [0, 0.1) is 0 Å². The molecule has 6 nitrogen and oxygen atoms in total. The van der Waals surface area contributed by atoms with Gasteiger partial charge in [-0.05, 0) is 32.0 Å². The van der Waals surface area contributed by atoms with Gasteiger partial charge in [0.1, 0.15) is 11.6 Å². The number of nitrogens with one attached hydrogen (secondary N) is 1. The van der Waals surface area contributed by atoms with Crippen molar-refractivity contribution < 1.29 is 14.6 Å². The molecule has 2 aromatic carbocycles. The van der Waals surface area contributed by atoms with Crippen molar-refractivity contribution in [3.63, 3.8) is 0 Å². The van der Waals surface area contributed by atoms with Gasteiger partial charge in [0.15, 0.2) is 11.5 Å². The van der Waals surface area contributed by atoms with Gasteiger partial charge in [-0.3, -0.25) is 9.69 Å². The number of benzene rings is 2. The van der Waals surface area contributed by atoms with Gasteiger partial charge < -0.3 is 20.1 Å². The van der Waals surface area contributed by atoms with Crippen molar-refractivity contribution in [2.24, 2.45) is 0 Å². The minimum atomic E-state index is -0.436. The van der Waals surface area contributed by atoms with Crippen molar-refractivity contribution in [2.45, 2.75) is 19.4 Å². The summed E-state index contributed by atoms with van der Waals surface area (Å²) in [5.41, 5.74) is 1.14. The molecule has 1 saturated heterocycles. The standard InChI is InChI=1S/C23H29Cl2N3O3/c1-16(14-17-6-4-3-5-7-17)26-23(30)18-15-19(24)22(20(25)21(18)29)31-13-12-28-10-8-27(2)9-11-28/h3-7,15-16,29H,8-14H2,1-2H3,(H,26,30). The van der Waals surface area contributed by atoms with E-state index in [1.165, 1.54) is 6.07 Å². The Kier molecular flexibility index (Phi) is 8.43. The fourth-order valence-corrected chi connectivity index (χ4v) is 4.13. The van der Waals surface area contributed by atoms with Crippen LogP contribution < -0.4 is 10.1 Å². The molecule has 8 heteroatoms. The first-order valence-corrected chi connectivity index (χ1v) is 11.2. The van der Waals surface area contributed by atoms with E-state index in [4.69, 9.17) is 27.9 Å². The molecule has 0 saturated carbocycles. The molecule has 1 heterocycles. The number of likely N-dealkylation sites (N-methyl/N-ethyl adjacent to an activating group) is 1. The molecule has 1 aliphatic rings. The van der Waals surface area contributed by atoms with Crippen LogP contribution in [0.15, 0.2) is 36.4 Å². The summed E-state index contributed by atoms with van der Waals surface area (Å²) in [7, 11) is 2.11. The Morgan fingerprint density at radius 2 is 1.87 bits per heavy atom. The van der Waals surface area contributed by atoms with Crippen molar-refractivity contribution in [3.05, 3.63) is 57.6 Å². The predicted molar refractivity (Wildman–Crippen MR) is 125 cm³/mol. The lowest BCUT2D eigenvalue weighted by Crippen LogP contribution is -2.45. The lowest BCUT2D eigenvalue weighted by atomic mass is 10.1. The molecule has 168 valence electrons. The van der Waals surface area contributed by atoms with Crippen LogP contribution in [0.4, 0.5) is 0 Å². The first-order valence-electron chi connectivity index (χ1n) is 10.4. The van der Waals surface area contributed by atoms with Gasteiger partial charge in [-0.1, -0.05) is 53.5 Å². The summed E-state index contributed by atoms with van der Waals surface area (Å²) in [6.07, 6.45) is 0.669. The van der Waals surface area contributed by atoms with Crippen molar-refractivity contribution in [1.82, 2.24) is 15.1 Å². The number of ether oxygens (including phenoxy) is 1. The fraction of sp³-hybridized carbons (Fsp3) is 0.435. The van der Waals surface area contributed by atoms with E-state index in [-0.39, 0.29) is 33.1 Å². The van der Waals surface area contributed by atoms with Crippen LogP contribution in [0.3, 0.4) is 0 Å². The molecule has 0 aliphatic carbocycles. The highest BCUT2D eigenvalue weighted by molar-refractivity contribution is 6.39. The van der Waals surface area contributed by atoms with Gasteiger partial charge in [0.25, 0.3) is 5.91 Å². The minimum absolute atomic E-state index is 0.0290. The first kappa shape index (κ1) is 23.7. The van der Waals surface area contributed by atoms with Crippen LogP contribution in [0.1, 0.15) is 22.8 Å². The van der Waals surface area contributed by atoms with E-state index in [2.05, 4.69) is 22.2 Å². The van der Waals surface area contributed by atoms with Crippen LogP contribution in [0.2, 0.25) is 10.0 Å². The van der Waals surface area contributed by atoms with E-state index in [1.54, 1.807) is 0 Å². The third-order valence-electron chi connectivity index (χ3n) is 5.41. The lowest BCUT2D eigenvalue weighted by Gasteiger charge is -2.32. The SMILES string of the molecule is CC(Cc1ccccc1)NC(=O)c1cc(Cl)c(OCCN2CCN(C)CC2)c(Cl)c1O. The maximum Gasteiger partial charge on any atom is 0.255 e. The molecule has 1 aliphatic heterocycles. The van der Waals surface area contributed by atoms with Gasteiger partial charge in [0, 0.05) is 38.8 Å². The average Bonchev–Trinajstić information content (AvgIpc) is 2.75. The Morgan fingerprint density at radius 1 is 1.19 bits per heavy atom. The monoisotopic (exact) mass is 465 g/mol. The maximum absolute atomic E-state index is 12.7. The zero-order valence-electron chi connectivity index (χ0n) is 17.9. The number of amides is 1. The molecule has 31 heavy (non-hydrogen) atoms. The van der Waals surface area contributed by atoms with Crippen LogP contribution in [-0.2, 0) is 6.42 Å². The van der Waals surface area contributed by atoms with Gasteiger partial charge in [-0.25, -0.2) is 0 Å². The smallest absolute Gasteiger partial charge is 0.255 e. The van der Waals surface area contributed by atoms with Crippen LogP contribution in [0.5, 0.6) is 11.5 Å². The first-order chi connectivity index (χ1) is 14.8. The molecule has 0 bridgehead atoms. The molecule has 1 atom stereocenters. The summed E-state index contributed by atoms with van der Waals surface area (Å²) >= 11 is 12.6. The Morgan fingerprint density at radius 3 is 2.55 bits per heavy atom. The summed E-state index contributed by atoms with van der Waals surface area (Å²) in [4.78, 5) is 17.3. The number of nitrogens with zero attached hydrogens (tertiary/aromatic N) is 2. The fourth-order valence-electron chi connectivity index (χ4n) is 3.57. The average molecular weight is 466 g/mol. The third kappa shape index (κ3) is 6.50. The van der Waals surface area contributed by atoms with E-state index >= 15 is 0 Å². The molecular weight excluding hydrogens is 437 g/mol. The Hall–Kier alpha value is -1.99. The zero-order valence-corrected chi connectivity index (χ0v) is 19.4. The van der Waals surface area contributed by atoms with Gasteiger partial charge >= 0.3 is 0 Å². The molecule has 1 fully saturated rings.